The first-order valence-electron chi connectivity index (χ1n) is 4.74. The van der Waals surface area contributed by atoms with Crippen LogP contribution in [-0.4, -0.2) is 11.7 Å². The van der Waals surface area contributed by atoms with Gasteiger partial charge in [0.25, 0.3) is 5.09 Å². The number of alkyl halides is 3. The van der Waals surface area contributed by atoms with E-state index in [-0.39, 0.29) is 13.0 Å². The van der Waals surface area contributed by atoms with Gasteiger partial charge in [0.15, 0.2) is 0 Å². The molecular weight excluding hydrogens is 239 g/mol. The van der Waals surface area contributed by atoms with E-state index in [2.05, 4.69) is 4.84 Å². The van der Waals surface area contributed by atoms with Crippen LogP contribution >= 0.6 is 0 Å². The molecule has 0 aliphatic rings. The quantitative estimate of drug-likeness (QED) is 0.609. The summed E-state index contributed by atoms with van der Waals surface area (Å²) in [5, 5.41) is 8.96. The molecule has 0 aromatic heterocycles. The standard InChI is InChI=1S/C10H10F3NO3/c1-7-6-9(10(11,12)13)3-2-8(7)4-5-17-14(15)16/h2-3,6H,4-5H2,1H3. The van der Waals surface area contributed by atoms with Crippen molar-refractivity contribution in [3.63, 3.8) is 0 Å². The number of benzene rings is 1. The maximum atomic E-state index is 12.3. The highest BCUT2D eigenvalue weighted by atomic mass is 19.4. The second kappa shape index (κ2) is 5.03. The van der Waals surface area contributed by atoms with E-state index in [9.17, 15) is 23.3 Å². The monoisotopic (exact) mass is 249 g/mol. The third kappa shape index (κ3) is 3.93. The van der Waals surface area contributed by atoms with Gasteiger partial charge in [-0.15, -0.1) is 10.1 Å². The lowest BCUT2D eigenvalue weighted by atomic mass is 10.0. The summed E-state index contributed by atoms with van der Waals surface area (Å²) in [5.74, 6) is 0. The Kier molecular flexibility index (Phi) is 3.93. The van der Waals surface area contributed by atoms with Crippen molar-refractivity contribution in [3.05, 3.63) is 45.0 Å². The molecule has 7 heteroatoms. The molecule has 0 aliphatic carbocycles. The summed E-state index contributed by atoms with van der Waals surface area (Å²) in [6.45, 7) is 1.36. The van der Waals surface area contributed by atoms with Crippen molar-refractivity contribution in [2.45, 2.75) is 19.5 Å². The largest absolute Gasteiger partial charge is 0.416 e. The Morgan fingerprint density at radius 1 is 1.41 bits per heavy atom. The second-order valence-corrected chi connectivity index (χ2v) is 3.45. The van der Waals surface area contributed by atoms with E-state index in [0.717, 1.165) is 12.1 Å². The van der Waals surface area contributed by atoms with Crippen LogP contribution in [0.2, 0.25) is 0 Å². The van der Waals surface area contributed by atoms with Crippen molar-refractivity contribution in [1.29, 1.82) is 0 Å². The van der Waals surface area contributed by atoms with Crippen LogP contribution in [0.15, 0.2) is 18.2 Å². The molecule has 94 valence electrons. The van der Waals surface area contributed by atoms with Crippen LogP contribution in [0.25, 0.3) is 0 Å². The fourth-order valence-corrected chi connectivity index (χ4v) is 1.38. The zero-order valence-corrected chi connectivity index (χ0v) is 8.95. The van der Waals surface area contributed by atoms with Gasteiger partial charge in [0.05, 0.1) is 5.56 Å². The number of nitrogens with zero attached hydrogens (tertiary/aromatic N) is 1. The zero-order valence-electron chi connectivity index (χ0n) is 8.95. The Bertz CT molecular complexity index is 418. The van der Waals surface area contributed by atoms with E-state index < -0.39 is 16.8 Å². The highest BCUT2D eigenvalue weighted by molar-refractivity contribution is 5.32. The Hall–Kier alpha value is -1.79. The van der Waals surface area contributed by atoms with Crippen LogP contribution < -0.4 is 0 Å². The fourth-order valence-electron chi connectivity index (χ4n) is 1.38. The first-order valence-corrected chi connectivity index (χ1v) is 4.74. The van der Waals surface area contributed by atoms with Crippen LogP contribution in [0.3, 0.4) is 0 Å². The molecule has 0 atom stereocenters. The average Bonchev–Trinajstić information content (AvgIpc) is 2.18. The molecule has 0 fully saturated rings. The first kappa shape index (κ1) is 13.3. The van der Waals surface area contributed by atoms with Gasteiger partial charge in [-0.1, -0.05) is 6.07 Å². The van der Waals surface area contributed by atoms with E-state index >= 15 is 0 Å². The van der Waals surface area contributed by atoms with Gasteiger partial charge < -0.3 is 4.84 Å². The summed E-state index contributed by atoms with van der Waals surface area (Å²) < 4.78 is 37.0. The molecule has 0 saturated carbocycles. The minimum atomic E-state index is -4.37. The minimum absolute atomic E-state index is 0.167. The van der Waals surface area contributed by atoms with Gasteiger partial charge in [0.1, 0.15) is 6.61 Å². The summed E-state index contributed by atoms with van der Waals surface area (Å²) in [5.41, 5.74) is 0.306. The predicted octanol–water partition coefficient (Wildman–Crippen LogP) is 2.76. The molecule has 0 amide bonds. The predicted molar refractivity (Wildman–Crippen MR) is 52.8 cm³/mol. The molecule has 1 rings (SSSR count). The Balaban J connectivity index is 2.73. The van der Waals surface area contributed by atoms with E-state index in [1.165, 1.54) is 13.0 Å². The lowest BCUT2D eigenvalue weighted by Gasteiger charge is -2.10. The number of hydrogen-bond acceptors (Lipinski definition) is 3. The molecule has 0 heterocycles. The highest BCUT2D eigenvalue weighted by Crippen LogP contribution is 2.30. The van der Waals surface area contributed by atoms with Crippen LogP contribution in [0.4, 0.5) is 13.2 Å². The normalized spacial score (nSPS) is 11.3. The molecule has 0 N–H and O–H groups in total. The van der Waals surface area contributed by atoms with Crippen molar-refractivity contribution in [2.75, 3.05) is 6.61 Å². The van der Waals surface area contributed by atoms with Gasteiger partial charge in [0, 0.05) is 0 Å². The molecule has 1 aromatic carbocycles. The Morgan fingerprint density at radius 2 is 2.06 bits per heavy atom. The van der Waals surface area contributed by atoms with E-state index in [1.807, 2.05) is 0 Å². The van der Waals surface area contributed by atoms with Gasteiger partial charge in [-0.3, -0.25) is 0 Å². The summed E-state index contributed by atoms with van der Waals surface area (Å²) in [6, 6.07) is 3.28. The van der Waals surface area contributed by atoms with E-state index in [0.29, 0.717) is 11.1 Å². The molecule has 0 unspecified atom stereocenters. The van der Waals surface area contributed by atoms with Gasteiger partial charge >= 0.3 is 6.18 Å². The van der Waals surface area contributed by atoms with Gasteiger partial charge in [-0.2, -0.15) is 13.2 Å². The fraction of sp³-hybridized carbons (Fsp3) is 0.400. The maximum Gasteiger partial charge on any atom is 0.416 e. The maximum absolute atomic E-state index is 12.3. The van der Waals surface area contributed by atoms with Crippen LogP contribution in [-0.2, 0) is 17.4 Å². The molecule has 0 saturated heterocycles. The Morgan fingerprint density at radius 3 is 2.53 bits per heavy atom. The second-order valence-electron chi connectivity index (χ2n) is 3.45. The summed E-state index contributed by atoms with van der Waals surface area (Å²) in [4.78, 5) is 14.0. The smallest absolute Gasteiger partial charge is 0.314 e. The summed E-state index contributed by atoms with van der Waals surface area (Å²) >= 11 is 0. The molecule has 0 bridgehead atoms. The molecular formula is C10H10F3NO3. The highest BCUT2D eigenvalue weighted by Gasteiger charge is 2.30. The van der Waals surface area contributed by atoms with Crippen molar-refractivity contribution < 1.29 is 23.1 Å². The number of rotatable bonds is 4. The molecule has 0 aliphatic heterocycles. The van der Waals surface area contributed by atoms with Gasteiger partial charge in [0.2, 0.25) is 0 Å². The molecule has 4 nitrogen and oxygen atoms in total. The molecule has 0 radical (unpaired) electrons. The molecule has 1 aromatic rings. The third-order valence-corrected chi connectivity index (χ3v) is 2.24. The van der Waals surface area contributed by atoms with E-state index in [4.69, 9.17) is 0 Å². The van der Waals surface area contributed by atoms with Crippen molar-refractivity contribution in [1.82, 2.24) is 0 Å². The summed E-state index contributed by atoms with van der Waals surface area (Å²) in [7, 11) is 0. The van der Waals surface area contributed by atoms with Crippen molar-refractivity contribution >= 4 is 0 Å². The molecule has 0 spiro atoms. The zero-order chi connectivity index (χ0) is 13.1. The van der Waals surface area contributed by atoms with Crippen molar-refractivity contribution in [2.24, 2.45) is 0 Å². The lowest BCUT2D eigenvalue weighted by Crippen LogP contribution is -2.08. The topological polar surface area (TPSA) is 52.4 Å². The average molecular weight is 249 g/mol. The third-order valence-electron chi connectivity index (χ3n) is 2.24. The molecule has 17 heavy (non-hydrogen) atoms. The van der Waals surface area contributed by atoms with Crippen LogP contribution in [0.5, 0.6) is 0 Å². The SMILES string of the molecule is Cc1cc(C(F)(F)F)ccc1CCO[N+](=O)[O-]. The Labute approximate surface area is 95.1 Å². The first-order chi connectivity index (χ1) is 7.80. The van der Waals surface area contributed by atoms with E-state index in [1.54, 1.807) is 0 Å². The number of aryl methyl sites for hydroxylation is 1. The lowest BCUT2D eigenvalue weighted by molar-refractivity contribution is -0.757. The van der Waals surface area contributed by atoms with Crippen molar-refractivity contribution in [3.8, 4) is 0 Å². The summed E-state index contributed by atoms with van der Waals surface area (Å²) in [6.07, 6.45) is -4.18. The minimum Gasteiger partial charge on any atom is -0.314 e. The van der Waals surface area contributed by atoms with Gasteiger partial charge in [-0.05, 0) is 36.6 Å². The van der Waals surface area contributed by atoms with Gasteiger partial charge in [-0.25, -0.2) is 0 Å². The van der Waals surface area contributed by atoms with Crippen LogP contribution in [0, 0.1) is 17.0 Å². The number of halogens is 3. The number of hydrogen-bond donors (Lipinski definition) is 0. The van der Waals surface area contributed by atoms with Crippen LogP contribution in [0.1, 0.15) is 16.7 Å².